The number of fused-ring (bicyclic) bond motifs is 1. The summed E-state index contributed by atoms with van der Waals surface area (Å²) >= 11 is 0. The van der Waals surface area contributed by atoms with Gasteiger partial charge in [-0.05, 0) is 44.6 Å². The molecule has 1 aliphatic carbocycles. The second-order valence-electron chi connectivity index (χ2n) is 7.25. The monoisotopic (exact) mass is 324 g/mol. The molecule has 1 N–H and O–H groups in total. The number of ketones is 1. The second kappa shape index (κ2) is 6.08. The van der Waals surface area contributed by atoms with Gasteiger partial charge in [-0.3, -0.25) is 9.59 Å². The number of H-pyrrole nitrogens is 1. The minimum absolute atomic E-state index is 0.273. The maximum absolute atomic E-state index is 13.0. The minimum atomic E-state index is -0.352. The molecule has 4 heteroatoms. The molecule has 0 unspecified atom stereocenters. The van der Waals surface area contributed by atoms with Crippen molar-refractivity contribution in [3.63, 3.8) is 0 Å². The zero-order valence-corrected chi connectivity index (χ0v) is 14.2. The lowest BCUT2D eigenvalue weighted by Gasteiger charge is -2.29. The van der Waals surface area contributed by atoms with E-state index < -0.39 is 0 Å². The highest BCUT2D eigenvalue weighted by Gasteiger charge is 2.39. The molecular weight excluding hydrogens is 300 g/mol. The Labute approximate surface area is 142 Å². The van der Waals surface area contributed by atoms with Crippen LogP contribution in [0.3, 0.4) is 0 Å². The van der Waals surface area contributed by atoms with Crippen molar-refractivity contribution in [3.05, 3.63) is 35.5 Å². The predicted molar refractivity (Wildman–Crippen MR) is 94.1 cm³/mol. The van der Waals surface area contributed by atoms with E-state index in [1.165, 1.54) is 25.7 Å². The number of benzene rings is 1. The summed E-state index contributed by atoms with van der Waals surface area (Å²) in [5, 5.41) is 0.852. The Morgan fingerprint density at radius 3 is 2.62 bits per heavy atom. The highest BCUT2D eigenvalue weighted by Crippen LogP contribution is 2.36. The third-order valence-electron chi connectivity index (χ3n) is 5.82. The van der Waals surface area contributed by atoms with Crippen LogP contribution in [0.2, 0.25) is 0 Å². The number of Topliss-reactive ketones (excluding diaryl/α,β-unsaturated/α-hetero) is 1. The van der Waals surface area contributed by atoms with Crippen molar-refractivity contribution in [3.8, 4) is 0 Å². The Kier molecular flexibility index (Phi) is 3.91. The van der Waals surface area contributed by atoms with Crippen LogP contribution in [0.1, 0.15) is 54.6 Å². The summed E-state index contributed by atoms with van der Waals surface area (Å²) in [6, 6.07) is 7.98. The lowest BCUT2D eigenvalue weighted by Crippen LogP contribution is -2.43. The largest absolute Gasteiger partial charge is 0.358 e. The molecule has 1 amide bonds. The van der Waals surface area contributed by atoms with Crippen LogP contribution in [-0.4, -0.2) is 34.2 Å². The number of aromatic nitrogens is 1. The predicted octanol–water partition coefficient (Wildman–Crippen LogP) is 3.84. The maximum Gasteiger partial charge on any atom is 0.295 e. The number of carbonyl (C=O) groups is 2. The van der Waals surface area contributed by atoms with Crippen LogP contribution in [0.15, 0.2) is 24.3 Å². The van der Waals surface area contributed by atoms with Gasteiger partial charge < -0.3 is 9.88 Å². The molecule has 1 saturated heterocycles. The van der Waals surface area contributed by atoms with Crippen molar-refractivity contribution in [2.24, 2.45) is 5.92 Å². The van der Waals surface area contributed by atoms with Gasteiger partial charge in [0.15, 0.2) is 0 Å². The molecule has 2 fully saturated rings. The number of hydrogen-bond donors (Lipinski definition) is 1. The molecule has 1 saturated carbocycles. The van der Waals surface area contributed by atoms with Gasteiger partial charge in [0, 0.05) is 29.2 Å². The first kappa shape index (κ1) is 15.4. The van der Waals surface area contributed by atoms with Crippen LogP contribution in [0, 0.1) is 12.8 Å². The van der Waals surface area contributed by atoms with Gasteiger partial charge >= 0.3 is 0 Å². The van der Waals surface area contributed by atoms with E-state index in [1.807, 2.05) is 36.1 Å². The van der Waals surface area contributed by atoms with Crippen molar-refractivity contribution in [2.45, 2.75) is 51.5 Å². The lowest BCUT2D eigenvalue weighted by atomic mass is 9.95. The summed E-state index contributed by atoms with van der Waals surface area (Å²) in [6.45, 7) is 2.60. The number of likely N-dealkylation sites (tertiary alicyclic amines) is 1. The van der Waals surface area contributed by atoms with Crippen molar-refractivity contribution in [2.75, 3.05) is 6.54 Å². The SMILES string of the molecule is Cc1[nH]c2ccccc2c1C(=O)C(=O)N1CCC[C@H]1C1CCCC1. The van der Waals surface area contributed by atoms with Gasteiger partial charge in [0.1, 0.15) is 0 Å². The number of carbonyl (C=O) groups excluding carboxylic acids is 2. The van der Waals surface area contributed by atoms with Gasteiger partial charge in [-0.2, -0.15) is 0 Å². The molecule has 0 bridgehead atoms. The molecule has 4 rings (SSSR count). The molecule has 24 heavy (non-hydrogen) atoms. The Balaban J connectivity index is 1.63. The first-order valence-electron chi connectivity index (χ1n) is 9.09. The number of aryl methyl sites for hydroxylation is 1. The molecule has 1 aliphatic heterocycles. The van der Waals surface area contributed by atoms with E-state index >= 15 is 0 Å². The summed E-state index contributed by atoms with van der Waals surface area (Å²) in [7, 11) is 0. The number of hydrogen-bond acceptors (Lipinski definition) is 2. The average Bonchev–Trinajstić information content (AvgIpc) is 3.31. The Morgan fingerprint density at radius 1 is 1.08 bits per heavy atom. The van der Waals surface area contributed by atoms with Gasteiger partial charge in [0.25, 0.3) is 11.7 Å². The first-order valence-corrected chi connectivity index (χ1v) is 9.09. The van der Waals surface area contributed by atoms with Crippen LogP contribution < -0.4 is 0 Å². The lowest BCUT2D eigenvalue weighted by molar-refractivity contribution is -0.128. The zero-order chi connectivity index (χ0) is 16.7. The molecule has 1 aromatic heterocycles. The van der Waals surface area contributed by atoms with Gasteiger partial charge in [0.2, 0.25) is 0 Å². The molecule has 0 spiro atoms. The van der Waals surface area contributed by atoms with Crippen molar-refractivity contribution >= 4 is 22.6 Å². The fraction of sp³-hybridized carbons (Fsp3) is 0.500. The van der Waals surface area contributed by atoms with Gasteiger partial charge in [-0.15, -0.1) is 0 Å². The van der Waals surface area contributed by atoms with Crippen LogP contribution in [0.25, 0.3) is 10.9 Å². The summed E-state index contributed by atoms with van der Waals surface area (Å²) in [4.78, 5) is 31.0. The second-order valence-corrected chi connectivity index (χ2v) is 7.25. The third kappa shape index (κ3) is 2.45. The number of aromatic amines is 1. The van der Waals surface area contributed by atoms with Crippen molar-refractivity contribution in [1.82, 2.24) is 9.88 Å². The van der Waals surface area contributed by atoms with E-state index in [-0.39, 0.29) is 17.7 Å². The van der Waals surface area contributed by atoms with Crippen LogP contribution in [-0.2, 0) is 4.79 Å². The van der Waals surface area contributed by atoms with Crippen LogP contribution >= 0.6 is 0 Å². The molecular formula is C20H24N2O2. The molecule has 2 aromatic rings. The average molecular weight is 324 g/mol. The molecule has 2 aliphatic rings. The Hall–Kier alpha value is -2.10. The van der Waals surface area contributed by atoms with E-state index in [2.05, 4.69) is 4.98 Å². The van der Waals surface area contributed by atoms with Crippen LogP contribution in [0.4, 0.5) is 0 Å². The topological polar surface area (TPSA) is 53.2 Å². The Morgan fingerprint density at radius 2 is 1.83 bits per heavy atom. The smallest absolute Gasteiger partial charge is 0.295 e. The van der Waals surface area contributed by atoms with E-state index in [4.69, 9.17) is 0 Å². The highest BCUT2D eigenvalue weighted by atomic mass is 16.2. The van der Waals surface area contributed by atoms with Gasteiger partial charge in [-0.1, -0.05) is 31.0 Å². The standard InChI is InChI=1S/C20H24N2O2/c1-13-18(15-9-4-5-10-16(15)21-13)19(23)20(24)22-12-6-11-17(22)14-7-2-3-8-14/h4-5,9-10,14,17,21H,2-3,6-8,11-12H2,1H3/t17-/m0/s1. The fourth-order valence-corrected chi connectivity index (χ4v) is 4.68. The van der Waals surface area contributed by atoms with Gasteiger partial charge in [0.05, 0.1) is 5.56 Å². The number of rotatable bonds is 3. The quantitative estimate of drug-likeness (QED) is 0.689. The third-order valence-corrected chi connectivity index (χ3v) is 5.82. The molecule has 1 atom stereocenters. The highest BCUT2D eigenvalue weighted by molar-refractivity contribution is 6.45. The number of amides is 1. The van der Waals surface area contributed by atoms with E-state index in [1.54, 1.807) is 0 Å². The maximum atomic E-state index is 13.0. The molecule has 2 heterocycles. The van der Waals surface area contributed by atoms with Crippen molar-refractivity contribution < 1.29 is 9.59 Å². The Bertz CT molecular complexity index is 786. The normalized spacial score (nSPS) is 21.7. The summed E-state index contributed by atoms with van der Waals surface area (Å²) in [5.74, 6) is -0.0691. The summed E-state index contributed by atoms with van der Waals surface area (Å²) in [6.07, 6.45) is 7.00. The molecule has 1 aromatic carbocycles. The molecule has 0 radical (unpaired) electrons. The van der Waals surface area contributed by atoms with Crippen LogP contribution in [0.5, 0.6) is 0 Å². The first-order chi connectivity index (χ1) is 11.7. The molecule has 126 valence electrons. The van der Waals surface area contributed by atoms with Gasteiger partial charge in [-0.25, -0.2) is 0 Å². The van der Waals surface area contributed by atoms with E-state index in [0.717, 1.165) is 36.0 Å². The minimum Gasteiger partial charge on any atom is -0.358 e. The zero-order valence-electron chi connectivity index (χ0n) is 14.2. The number of nitrogens with one attached hydrogen (secondary N) is 1. The summed E-state index contributed by atoms with van der Waals surface area (Å²) < 4.78 is 0. The number of nitrogens with zero attached hydrogens (tertiary/aromatic N) is 1. The van der Waals surface area contributed by atoms with Crippen molar-refractivity contribution in [1.29, 1.82) is 0 Å². The van der Waals surface area contributed by atoms with E-state index in [0.29, 0.717) is 11.5 Å². The summed E-state index contributed by atoms with van der Waals surface area (Å²) in [5.41, 5.74) is 2.25. The number of para-hydroxylation sites is 1. The van der Waals surface area contributed by atoms with E-state index in [9.17, 15) is 9.59 Å². The molecule has 4 nitrogen and oxygen atoms in total. The fourth-order valence-electron chi connectivity index (χ4n) is 4.68.